The van der Waals surface area contributed by atoms with Gasteiger partial charge >= 0.3 is 0 Å². The zero-order valence-corrected chi connectivity index (χ0v) is 10.4. The van der Waals surface area contributed by atoms with Crippen molar-refractivity contribution < 1.29 is 0 Å². The van der Waals surface area contributed by atoms with E-state index in [2.05, 4.69) is 9.97 Å². The lowest BCUT2D eigenvalue weighted by Gasteiger charge is -2.04. The lowest BCUT2D eigenvalue weighted by atomic mass is 10.0. The van der Waals surface area contributed by atoms with Crippen molar-refractivity contribution in [3.8, 4) is 0 Å². The molecule has 1 heterocycles. The molecule has 0 radical (unpaired) electrons. The lowest BCUT2D eigenvalue weighted by Crippen LogP contribution is -2.00. The number of anilines is 1. The Kier molecular flexibility index (Phi) is 2.71. The second-order valence-electron chi connectivity index (χ2n) is 4.93. The van der Waals surface area contributed by atoms with Crippen LogP contribution in [0.3, 0.4) is 0 Å². The highest BCUT2D eigenvalue weighted by molar-refractivity contribution is 6.31. The highest BCUT2D eigenvalue weighted by atomic mass is 35.5. The number of aromatic nitrogens is 2. The number of aromatic amines is 1. The van der Waals surface area contributed by atoms with Gasteiger partial charge in [0.1, 0.15) is 11.3 Å². The molecule has 3 rings (SSSR count). The van der Waals surface area contributed by atoms with Gasteiger partial charge in [0.2, 0.25) is 0 Å². The fraction of sp³-hybridized carbons (Fsp3) is 0.462. The summed E-state index contributed by atoms with van der Waals surface area (Å²) in [5, 5.41) is 0.658. The minimum Gasteiger partial charge on any atom is -0.397 e. The van der Waals surface area contributed by atoms with Gasteiger partial charge < -0.3 is 10.7 Å². The van der Waals surface area contributed by atoms with Gasteiger partial charge in [-0.3, -0.25) is 0 Å². The number of benzene rings is 1. The van der Waals surface area contributed by atoms with Crippen molar-refractivity contribution in [2.45, 2.75) is 32.1 Å². The van der Waals surface area contributed by atoms with Gasteiger partial charge in [-0.25, -0.2) is 4.98 Å². The van der Waals surface area contributed by atoms with Crippen LogP contribution in [-0.4, -0.2) is 9.97 Å². The predicted octanol–water partition coefficient (Wildman–Crippen LogP) is 3.53. The summed E-state index contributed by atoms with van der Waals surface area (Å²) >= 11 is 5.98. The van der Waals surface area contributed by atoms with Crippen molar-refractivity contribution in [1.29, 1.82) is 0 Å². The van der Waals surface area contributed by atoms with Crippen molar-refractivity contribution in [2.24, 2.45) is 5.92 Å². The van der Waals surface area contributed by atoms with Gasteiger partial charge in [0.15, 0.2) is 0 Å². The summed E-state index contributed by atoms with van der Waals surface area (Å²) in [6.07, 6.45) is 6.41. The summed E-state index contributed by atoms with van der Waals surface area (Å²) in [5.74, 6) is 1.83. The number of nitrogens with two attached hydrogens (primary N) is 1. The topological polar surface area (TPSA) is 54.7 Å². The van der Waals surface area contributed by atoms with E-state index in [9.17, 15) is 0 Å². The highest BCUT2D eigenvalue weighted by Gasteiger charge is 2.17. The first-order valence-electron chi connectivity index (χ1n) is 6.16. The molecule has 1 aliphatic rings. The zero-order chi connectivity index (χ0) is 11.8. The van der Waals surface area contributed by atoms with Crippen LogP contribution in [0.25, 0.3) is 11.0 Å². The normalized spacial score (nSPS) is 17.0. The highest BCUT2D eigenvalue weighted by Crippen LogP contribution is 2.29. The fourth-order valence-corrected chi connectivity index (χ4v) is 2.97. The molecule has 3 N–H and O–H groups in total. The molecule has 1 fully saturated rings. The first kappa shape index (κ1) is 10.9. The van der Waals surface area contributed by atoms with E-state index in [1.165, 1.54) is 25.7 Å². The quantitative estimate of drug-likeness (QED) is 0.800. The number of nitrogen functional groups attached to an aromatic ring is 1. The number of hydrogen-bond acceptors (Lipinski definition) is 2. The number of halogens is 1. The molecule has 0 saturated heterocycles. The standard InChI is InChI=1S/C13H16ClN3/c14-9-6-10(15)13-11(7-9)16-12(17-13)5-8-3-1-2-4-8/h6-8H,1-5,15H2,(H,16,17). The number of rotatable bonds is 2. The maximum atomic E-state index is 5.98. The average Bonchev–Trinajstić information content (AvgIpc) is 2.87. The number of H-pyrrole nitrogens is 1. The molecule has 4 heteroatoms. The fourth-order valence-electron chi connectivity index (χ4n) is 2.74. The molecule has 3 nitrogen and oxygen atoms in total. The molecule has 17 heavy (non-hydrogen) atoms. The first-order valence-corrected chi connectivity index (χ1v) is 6.54. The van der Waals surface area contributed by atoms with Crippen LogP contribution in [0, 0.1) is 5.92 Å². The molecule has 0 bridgehead atoms. The Morgan fingerprint density at radius 1 is 1.35 bits per heavy atom. The van der Waals surface area contributed by atoms with Gasteiger partial charge in [0, 0.05) is 11.4 Å². The Morgan fingerprint density at radius 3 is 2.88 bits per heavy atom. The minimum atomic E-state index is 0.654. The third-order valence-electron chi connectivity index (χ3n) is 3.59. The molecule has 2 aromatic rings. The van der Waals surface area contributed by atoms with E-state index in [-0.39, 0.29) is 0 Å². The van der Waals surface area contributed by atoms with Crippen LogP contribution < -0.4 is 5.73 Å². The Morgan fingerprint density at radius 2 is 2.12 bits per heavy atom. The monoisotopic (exact) mass is 249 g/mol. The second kappa shape index (κ2) is 4.22. The van der Waals surface area contributed by atoms with Crippen LogP contribution in [0.4, 0.5) is 5.69 Å². The van der Waals surface area contributed by atoms with E-state index in [1.807, 2.05) is 6.07 Å². The van der Waals surface area contributed by atoms with Crippen LogP contribution in [-0.2, 0) is 6.42 Å². The van der Waals surface area contributed by atoms with E-state index in [4.69, 9.17) is 17.3 Å². The molecule has 1 saturated carbocycles. The Hall–Kier alpha value is -1.22. The van der Waals surface area contributed by atoms with Gasteiger partial charge in [0.25, 0.3) is 0 Å². The molecule has 1 aromatic carbocycles. The lowest BCUT2D eigenvalue weighted by molar-refractivity contribution is 0.534. The SMILES string of the molecule is Nc1cc(Cl)cc2[nH]c(CC3CCCC3)nc12. The third kappa shape index (κ3) is 2.12. The van der Waals surface area contributed by atoms with Crippen molar-refractivity contribution in [3.63, 3.8) is 0 Å². The molecule has 0 atom stereocenters. The maximum Gasteiger partial charge on any atom is 0.112 e. The van der Waals surface area contributed by atoms with Crippen LogP contribution in [0.1, 0.15) is 31.5 Å². The van der Waals surface area contributed by atoms with Crippen molar-refractivity contribution in [1.82, 2.24) is 9.97 Å². The molecule has 0 unspecified atom stereocenters. The summed E-state index contributed by atoms with van der Waals surface area (Å²) in [5.41, 5.74) is 8.36. The molecule has 0 amide bonds. The molecule has 1 aromatic heterocycles. The summed E-state index contributed by atoms with van der Waals surface area (Å²) in [4.78, 5) is 7.91. The van der Waals surface area contributed by atoms with Gasteiger partial charge in [-0.1, -0.05) is 37.3 Å². The molecule has 90 valence electrons. The average molecular weight is 250 g/mol. The number of fused-ring (bicyclic) bond motifs is 1. The van der Waals surface area contributed by atoms with E-state index in [0.29, 0.717) is 10.7 Å². The van der Waals surface area contributed by atoms with E-state index >= 15 is 0 Å². The summed E-state index contributed by atoms with van der Waals surface area (Å²) in [6, 6.07) is 3.64. The summed E-state index contributed by atoms with van der Waals surface area (Å²) < 4.78 is 0. The number of nitrogens with one attached hydrogen (secondary N) is 1. The van der Waals surface area contributed by atoms with Gasteiger partial charge in [-0.05, 0) is 18.1 Å². The molecular formula is C13H16ClN3. The van der Waals surface area contributed by atoms with E-state index in [1.54, 1.807) is 6.07 Å². The van der Waals surface area contributed by atoms with E-state index in [0.717, 1.165) is 29.2 Å². The van der Waals surface area contributed by atoms with Crippen molar-refractivity contribution in [3.05, 3.63) is 23.0 Å². The molecular weight excluding hydrogens is 234 g/mol. The number of imidazole rings is 1. The minimum absolute atomic E-state index is 0.654. The van der Waals surface area contributed by atoms with Gasteiger partial charge in [0.05, 0.1) is 11.2 Å². The Balaban J connectivity index is 1.93. The predicted molar refractivity (Wildman–Crippen MR) is 71.2 cm³/mol. The largest absolute Gasteiger partial charge is 0.397 e. The van der Waals surface area contributed by atoms with Crippen LogP contribution >= 0.6 is 11.6 Å². The maximum absolute atomic E-state index is 5.98. The van der Waals surface area contributed by atoms with Crippen molar-refractivity contribution >= 4 is 28.3 Å². The smallest absolute Gasteiger partial charge is 0.112 e. The first-order chi connectivity index (χ1) is 8.22. The van der Waals surface area contributed by atoms with E-state index < -0.39 is 0 Å². The Bertz CT molecular complexity index is 541. The Labute approximate surface area is 105 Å². The number of nitrogens with zero attached hydrogens (tertiary/aromatic N) is 1. The summed E-state index contributed by atoms with van der Waals surface area (Å²) in [7, 11) is 0. The van der Waals surface area contributed by atoms with Crippen LogP contribution in [0.2, 0.25) is 5.02 Å². The van der Waals surface area contributed by atoms with Crippen molar-refractivity contribution in [2.75, 3.05) is 5.73 Å². The zero-order valence-electron chi connectivity index (χ0n) is 9.67. The third-order valence-corrected chi connectivity index (χ3v) is 3.80. The van der Waals surface area contributed by atoms with Gasteiger partial charge in [-0.15, -0.1) is 0 Å². The summed E-state index contributed by atoms with van der Waals surface area (Å²) in [6.45, 7) is 0. The second-order valence-corrected chi connectivity index (χ2v) is 5.37. The molecule has 0 aliphatic heterocycles. The van der Waals surface area contributed by atoms with Crippen LogP contribution in [0.15, 0.2) is 12.1 Å². The van der Waals surface area contributed by atoms with Gasteiger partial charge in [-0.2, -0.15) is 0 Å². The number of hydrogen-bond donors (Lipinski definition) is 2. The molecule has 0 spiro atoms. The molecule has 1 aliphatic carbocycles. The van der Waals surface area contributed by atoms with Crippen LogP contribution in [0.5, 0.6) is 0 Å².